The largest absolute Gasteiger partial charge is 0.492 e. The molecule has 6 heteroatoms. The molecule has 2 rings (SSSR count). The number of carbonyl (C=O) groups excluding carboxylic acids is 2. The molecule has 0 bridgehead atoms. The van der Waals surface area contributed by atoms with E-state index < -0.39 is 11.8 Å². The standard InChI is InChI=1S/C20H24N2O4/c1-25-14-5-12-21-19(23)20(24)22-13-15-26-18-10-8-17(9-11-18)16-6-3-2-4-7-16/h2-4,6-11H,5,12-15H2,1H3,(H,21,23)(H,22,24). The third kappa shape index (κ3) is 6.57. The second kappa shape index (κ2) is 10.9. The third-order valence-electron chi connectivity index (χ3n) is 3.63. The number of methoxy groups -OCH3 is 1. The van der Waals surface area contributed by atoms with Gasteiger partial charge in [0.25, 0.3) is 0 Å². The zero-order valence-electron chi connectivity index (χ0n) is 14.9. The minimum absolute atomic E-state index is 0.255. The molecule has 0 unspecified atom stereocenters. The normalized spacial score (nSPS) is 10.2. The van der Waals surface area contributed by atoms with E-state index in [1.165, 1.54) is 0 Å². The second-order valence-electron chi connectivity index (χ2n) is 5.60. The van der Waals surface area contributed by atoms with Gasteiger partial charge in [-0.25, -0.2) is 0 Å². The van der Waals surface area contributed by atoms with Gasteiger partial charge in [0.15, 0.2) is 0 Å². The summed E-state index contributed by atoms with van der Waals surface area (Å²) in [5.41, 5.74) is 2.25. The molecule has 138 valence electrons. The fourth-order valence-corrected chi connectivity index (χ4v) is 2.29. The molecular weight excluding hydrogens is 332 g/mol. The summed E-state index contributed by atoms with van der Waals surface area (Å²) >= 11 is 0. The van der Waals surface area contributed by atoms with Crippen molar-refractivity contribution in [2.45, 2.75) is 6.42 Å². The van der Waals surface area contributed by atoms with Crippen LogP contribution in [0.2, 0.25) is 0 Å². The van der Waals surface area contributed by atoms with Gasteiger partial charge in [0.1, 0.15) is 12.4 Å². The average molecular weight is 356 g/mol. The molecule has 6 nitrogen and oxygen atoms in total. The molecule has 0 atom stereocenters. The van der Waals surface area contributed by atoms with E-state index in [9.17, 15) is 9.59 Å². The Morgan fingerprint density at radius 3 is 2.08 bits per heavy atom. The lowest BCUT2D eigenvalue weighted by molar-refractivity contribution is -0.139. The molecule has 0 aliphatic rings. The van der Waals surface area contributed by atoms with Crippen LogP contribution in [-0.4, -0.2) is 45.2 Å². The Balaban J connectivity index is 1.66. The second-order valence-corrected chi connectivity index (χ2v) is 5.60. The molecule has 0 aliphatic heterocycles. The Morgan fingerprint density at radius 2 is 1.42 bits per heavy atom. The van der Waals surface area contributed by atoms with Gasteiger partial charge >= 0.3 is 11.8 Å². The number of ether oxygens (including phenoxy) is 2. The van der Waals surface area contributed by atoms with Crippen LogP contribution in [0.25, 0.3) is 11.1 Å². The van der Waals surface area contributed by atoms with E-state index in [0.29, 0.717) is 25.3 Å². The smallest absolute Gasteiger partial charge is 0.309 e. The number of hydrogen-bond acceptors (Lipinski definition) is 4. The predicted octanol–water partition coefficient (Wildman–Crippen LogP) is 2.00. The molecule has 0 heterocycles. The van der Waals surface area contributed by atoms with Crippen LogP contribution in [0.3, 0.4) is 0 Å². The lowest BCUT2D eigenvalue weighted by Crippen LogP contribution is -2.41. The van der Waals surface area contributed by atoms with Gasteiger partial charge in [-0.05, 0) is 29.7 Å². The highest BCUT2D eigenvalue weighted by atomic mass is 16.5. The number of carbonyl (C=O) groups is 2. The Bertz CT molecular complexity index is 687. The summed E-state index contributed by atoms with van der Waals surface area (Å²) in [5, 5.41) is 5.05. The van der Waals surface area contributed by atoms with Crippen LogP contribution in [0.4, 0.5) is 0 Å². The van der Waals surface area contributed by atoms with E-state index in [0.717, 1.165) is 11.1 Å². The van der Waals surface area contributed by atoms with Crippen LogP contribution in [-0.2, 0) is 14.3 Å². The van der Waals surface area contributed by atoms with E-state index in [4.69, 9.17) is 9.47 Å². The van der Waals surface area contributed by atoms with E-state index in [-0.39, 0.29) is 13.2 Å². The van der Waals surface area contributed by atoms with Gasteiger partial charge in [0, 0.05) is 20.3 Å². The summed E-state index contributed by atoms with van der Waals surface area (Å²) in [6, 6.07) is 17.8. The van der Waals surface area contributed by atoms with E-state index >= 15 is 0 Å². The van der Waals surface area contributed by atoms with Gasteiger partial charge < -0.3 is 20.1 Å². The quantitative estimate of drug-likeness (QED) is 0.532. The molecule has 2 aromatic rings. The first-order valence-corrected chi connectivity index (χ1v) is 8.54. The van der Waals surface area contributed by atoms with Crippen molar-refractivity contribution in [3.05, 3.63) is 54.6 Å². The Kier molecular flexibility index (Phi) is 8.15. The minimum Gasteiger partial charge on any atom is -0.492 e. The van der Waals surface area contributed by atoms with Gasteiger partial charge in [-0.15, -0.1) is 0 Å². The van der Waals surface area contributed by atoms with Crippen LogP contribution in [0.5, 0.6) is 5.75 Å². The Hall–Kier alpha value is -2.86. The molecule has 0 saturated heterocycles. The number of benzene rings is 2. The highest BCUT2D eigenvalue weighted by Crippen LogP contribution is 2.21. The van der Waals surface area contributed by atoms with Crippen LogP contribution in [0.15, 0.2) is 54.6 Å². The van der Waals surface area contributed by atoms with Crippen LogP contribution < -0.4 is 15.4 Å². The first-order chi connectivity index (χ1) is 12.7. The SMILES string of the molecule is COCCCNC(=O)C(=O)NCCOc1ccc(-c2ccccc2)cc1. The fraction of sp³-hybridized carbons (Fsp3) is 0.300. The molecule has 0 fully saturated rings. The van der Waals surface area contributed by atoms with Gasteiger partial charge in [-0.1, -0.05) is 42.5 Å². The summed E-state index contributed by atoms with van der Waals surface area (Å²) in [5.74, 6) is -0.596. The highest BCUT2D eigenvalue weighted by molar-refractivity contribution is 6.35. The molecule has 2 N–H and O–H groups in total. The van der Waals surface area contributed by atoms with Crippen molar-refractivity contribution in [1.29, 1.82) is 0 Å². The lowest BCUT2D eigenvalue weighted by atomic mass is 10.1. The number of nitrogens with one attached hydrogen (secondary N) is 2. The van der Waals surface area contributed by atoms with Gasteiger partial charge in [-0.3, -0.25) is 9.59 Å². The molecule has 0 saturated carbocycles. The number of rotatable bonds is 9. The van der Waals surface area contributed by atoms with Crippen molar-refractivity contribution in [1.82, 2.24) is 10.6 Å². The van der Waals surface area contributed by atoms with Crippen molar-refractivity contribution in [3.8, 4) is 16.9 Å². The van der Waals surface area contributed by atoms with Crippen LogP contribution in [0.1, 0.15) is 6.42 Å². The van der Waals surface area contributed by atoms with Gasteiger partial charge in [0.05, 0.1) is 6.54 Å². The number of hydrogen-bond donors (Lipinski definition) is 2. The summed E-state index contributed by atoms with van der Waals surface area (Å²) < 4.78 is 10.4. The third-order valence-corrected chi connectivity index (χ3v) is 3.63. The van der Waals surface area contributed by atoms with Crippen molar-refractivity contribution in [3.63, 3.8) is 0 Å². The predicted molar refractivity (Wildman–Crippen MR) is 99.9 cm³/mol. The molecule has 26 heavy (non-hydrogen) atoms. The highest BCUT2D eigenvalue weighted by Gasteiger charge is 2.11. The van der Waals surface area contributed by atoms with E-state index in [2.05, 4.69) is 10.6 Å². The van der Waals surface area contributed by atoms with Gasteiger partial charge in [-0.2, -0.15) is 0 Å². The summed E-state index contributed by atoms with van der Waals surface area (Å²) in [4.78, 5) is 23.1. The molecular formula is C20H24N2O4. The fourth-order valence-electron chi connectivity index (χ4n) is 2.29. The minimum atomic E-state index is -0.662. The topological polar surface area (TPSA) is 76.7 Å². The first kappa shape index (κ1) is 19.5. The summed E-state index contributed by atoms with van der Waals surface area (Å²) in [6.45, 7) is 1.49. The van der Waals surface area contributed by atoms with Gasteiger partial charge in [0.2, 0.25) is 0 Å². The maximum atomic E-state index is 11.6. The lowest BCUT2D eigenvalue weighted by Gasteiger charge is -2.09. The average Bonchev–Trinajstić information content (AvgIpc) is 2.69. The van der Waals surface area contributed by atoms with Crippen molar-refractivity contribution < 1.29 is 19.1 Å². The molecule has 0 aliphatic carbocycles. The van der Waals surface area contributed by atoms with E-state index in [1.54, 1.807) is 7.11 Å². The molecule has 2 aromatic carbocycles. The molecule has 0 spiro atoms. The maximum Gasteiger partial charge on any atom is 0.309 e. The number of amides is 2. The van der Waals surface area contributed by atoms with Crippen LogP contribution >= 0.6 is 0 Å². The first-order valence-electron chi connectivity index (χ1n) is 8.54. The molecule has 0 radical (unpaired) electrons. The molecule has 2 amide bonds. The monoisotopic (exact) mass is 356 g/mol. The maximum absolute atomic E-state index is 11.6. The Labute approximate surface area is 153 Å². The van der Waals surface area contributed by atoms with Crippen molar-refractivity contribution in [2.75, 3.05) is 33.4 Å². The zero-order chi connectivity index (χ0) is 18.6. The summed E-state index contributed by atoms with van der Waals surface area (Å²) in [6.07, 6.45) is 0.664. The van der Waals surface area contributed by atoms with Crippen molar-refractivity contribution in [2.24, 2.45) is 0 Å². The zero-order valence-corrected chi connectivity index (χ0v) is 14.9. The van der Waals surface area contributed by atoms with E-state index in [1.807, 2.05) is 54.6 Å². The summed E-state index contributed by atoms with van der Waals surface area (Å²) in [7, 11) is 1.59. The Morgan fingerprint density at radius 1 is 0.808 bits per heavy atom. The van der Waals surface area contributed by atoms with Crippen LogP contribution in [0, 0.1) is 0 Å². The molecule has 0 aromatic heterocycles. The van der Waals surface area contributed by atoms with Crippen molar-refractivity contribution >= 4 is 11.8 Å².